The molecule has 1 fully saturated rings. The van der Waals surface area contributed by atoms with Gasteiger partial charge in [0, 0.05) is 6.54 Å². The molecule has 0 aromatic carbocycles. The number of nitrogens with two attached hydrogens (primary N) is 1. The van der Waals surface area contributed by atoms with Gasteiger partial charge in [0.25, 0.3) is 0 Å². The molecule has 1 saturated carbocycles. The van der Waals surface area contributed by atoms with Crippen molar-refractivity contribution in [3.63, 3.8) is 0 Å². The van der Waals surface area contributed by atoms with Crippen molar-refractivity contribution in [3.8, 4) is 0 Å². The first kappa shape index (κ1) is 15.0. The summed E-state index contributed by atoms with van der Waals surface area (Å²) >= 11 is 0. The smallest absolute Gasteiger partial charge is 0.000661 e. The third kappa shape index (κ3) is 6.42. The zero-order valence-electron chi connectivity index (χ0n) is 12.1. The first-order chi connectivity index (χ1) is 8.11. The Hall–Kier alpha value is -0.0800. The van der Waals surface area contributed by atoms with E-state index < -0.39 is 0 Å². The van der Waals surface area contributed by atoms with Gasteiger partial charge in [0.05, 0.1) is 0 Å². The number of hydrogen-bond donors (Lipinski definition) is 1. The SMILES string of the molecule is CC(C)CC(CN)CCN(C)CC1CCCC1. The zero-order valence-corrected chi connectivity index (χ0v) is 12.1. The van der Waals surface area contributed by atoms with Crippen molar-refractivity contribution in [2.45, 2.75) is 52.4 Å². The van der Waals surface area contributed by atoms with Crippen molar-refractivity contribution >= 4 is 0 Å². The predicted octanol–water partition coefficient (Wildman–Crippen LogP) is 3.12. The van der Waals surface area contributed by atoms with Crippen LogP contribution in [-0.4, -0.2) is 31.6 Å². The molecule has 0 spiro atoms. The minimum atomic E-state index is 0.723. The van der Waals surface area contributed by atoms with E-state index in [2.05, 4.69) is 25.8 Å². The number of hydrogen-bond acceptors (Lipinski definition) is 2. The first-order valence-corrected chi connectivity index (χ1v) is 7.50. The monoisotopic (exact) mass is 240 g/mol. The third-order valence-corrected chi connectivity index (χ3v) is 4.10. The van der Waals surface area contributed by atoms with E-state index in [1.807, 2.05) is 0 Å². The molecule has 1 rings (SSSR count). The van der Waals surface area contributed by atoms with E-state index >= 15 is 0 Å². The van der Waals surface area contributed by atoms with Crippen molar-refractivity contribution in [1.29, 1.82) is 0 Å². The highest BCUT2D eigenvalue weighted by atomic mass is 15.1. The minimum Gasteiger partial charge on any atom is -0.330 e. The lowest BCUT2D eigenvalue weighted by Gasteiger charge is -2.24. The molecule has 102 valence electrons. The van der Waals surface area contributed by atoms with Crippen LogP contribution >= 0.6 is 0 Å². The van der Waals surface area contributed by atoms with Crippen molar-refractivity contribution in [2.24, 2.45) is 23.5 Å². The molecule has 0 saturated heterocycles. The maximum Gasteiger partial charge on any atom is 0.000661 e. The molecular formula is C15H32N2. The molecule has 1 aliphatic rings. The lowest BCUT2D eigenvalue weighted by Crippen LogP contribution is -2.28. The Kier molecular flexibility index (Phi) is 7.14. The molecule has 0 aromatic heterocycles. The molecular weight excluding hydrogens is 208 g/mol. The second-order valence-corrected chi connectivity index (χ2v) is 6.43. The molecule has 0 heterocycles. The summed E-state index contributed by atoms with van der Waals surface area (Å²) in [7, 11) is 2.28. The first-order valence-electron chi connectivity index (χ1n) is 7.50. The molecule has 0 aliphatic heterocycles. The standard InChI is InChI=1S/C15H32N2/c1-13(2)10-15(11-16)8-9-17(3)12-14-6-4-5-7-14/h13-15H,4-12,16H2,1-3H3. The van der Waals surface area contributed by atoms with Gasteiger partial charge < -0.3 is 10.6 Å². The van der Waals surface area contributed by atoms with Crippen LogP contribution in [0.3, 0.4) is 0 Å². The second kappa shape index (κ2) is 8.10. The Balaban J connectivity index is 2.14. The van der Waals surface area contributed by atoms with Gasteiger partial charge in [0.2, 0.25) is 0 Å². The maximum atomic E-state index is 5.85. The Bertz CT molecular complexity index is 185. The summed E-state index contributed by atoms with van der Waals surface area (Å²) in [6, 6.07) is 0. The van der Waals surface area contributed by atoms with Gasteiger partial charge in [0.15, 0.2) is 0 Å². The predicted molar refractivity (Wildman–Crippen MR) is 76.1 cm³/mol. The topological polar surface area (TPSA) is 29.3 Å². The molecule has 17 heavy (non-hydrogen) atoms. The second-order valence-electron chi connectivity index (χ2n) is 6.43. The normalized spacial score (nSPS) is 19.4. The van der Waals surface area contributed by atoms with E-state index in [-0.39, 0.29) is 0 Å². The van der Waals surface area contributed by atoms with Crippen LogP contribution in [-0.2, 0) is 0 Å². The summed E-state index contributed by atoms with van der Waals surface area (Å²) < 4.78 is 0. The average Bonchev–Trinajstić information content (AvgIpc) is 2.76. The molecule has 0 aromatic rings. The van der Waals surface area contributed by atoms with Crippen LogP contribution in [0.5, 0.6) is 0 Å². The third-order valence-electron chi connectivity index (χ3n) is 4.10. The van der Waals surface area contributed by atoms with Gasteiger partial charge in [-0.3, -0.25) is 0 Å². The van der Waals surface area contributed by atoms with Crippen LogP contribution < -0.4 is 5.73 Å². The molecule has 0 radical (unpaired) electrons. The van der Waals surface area contributed by atoms with Crippen LogP contribution in [0.25, 0.3) is 0 Å². The summed E-state index contributed by atoms with van der Waals surface area (Å²) in [6.45, 7) is 7.98. The fourth-order valence-corrected chi connectivity index (χ4v) is 3.13. The van der Waals surface area contributed by atoms with E-state index in [4.69, 9.17) is 5.73 Å². The summed E-state index contributed by atoms with van der Waals surface area (Å²) in [6.07, 6.45) is 8.38. The van der Waals surface area contributed by atoms with Crippen LogP contribution in [0.4, 0.5) is 0 Å². The van der Waals surface area contributed by atoms with Gasteiger partial charge in [-0.2, -0.15) is 0 Å². The fourth-order valence-electron chi connectivity index (χ4n) is 3.13. The molecule has 1 unspecified atom stereocenters. The molecule has 2 N–H and O–H groups in total. The Morgan fingerprint density at radius 1 is 1.24 bits per heavy atom. The van der Waals surface area contributed by atoms with Gasteiger partial charge in [-0.15, -0.1) is 0 Å². The summed E-state index contributed by atoms with van der Waals surface area (Å²) in [5.74, 6) is 2.48. The highest BCUT2D eigenvalue weighted by Gasteiger charge is 2.17. The molecule has 1 aliphatic carbocycles. The molecule has 1 atom stereocenters. The lowest BCUT2D eigenvalue weighted by molar-refractivity contribution is 0.249. The molecule has 0 bridgehead atoms. The van der Waals surface area contributed by atoms with E-state index in [0.717, 1.165) is 24.3 Å². The van der Waals surface area contributed by atoms with Crippen LogP contribution in [0.1, 0.15) is 52.4 Å². The molecule has 0 amide bonds. The fraction of sp³-hybridized carbons (Fsp3) is 1.00. The van der Waals surface area contributed by atoms with E-state index in [9.17, 15) is 0 Å². The Labute approximate surface area is 108 Å². The van der Waals surface area contributed by atoms with Crippen LogP contribution in [0, 0.1) is 17.8 Å². The summed E-state index contributed by atoms with van der Waals surface area (Å²) in [4.78, 5) is 2.53. The van der Waals surface area contributed by atoms with Crippen molar-refractivity contribution in [2.75, 3.05) is 26.7 Å². The number of rotatable bonds is 8. The van der Waals surface area contributed by atoms with E-state index in [0.29, 0.717) is 0 Å². The van der Waals surface area contributed by atoms with E-state index in [1.165, 1.54) is 51.6 Å². The molecule has 2 heteroatoms. The average molecular weight is 240 g/mol. The van der Waals surface area contributed by atoms with Crippen LogP contribution in [0.15, 0.2) is 0 Å². The Morgan fingerprint density at radius 2 is 1.88 bits per heavy atom. The van der Waals surface area contributed by atoms with E-state index in [1.54, 1.807) is 0 Å². The highest BCUT2D eigenvalue weighted by molar-refractivity contribution is 4.71. The summed E-state index contributed by atoms with van der Waals surface area (Å²) in [5.41, 5.74) is 5.85. The van der Waals surface area contributed by atoms with Gasteiger partial charge in [0.1, 0.15) is 0 Å². The highest BCUT2D eigenvalue weighted by Crippen LogP contribution is 2.25. The lowest BCUT2D eigenvalue weighted by atomic mass is 9.94. The van der Waals surface area contributed by atoms with Crippen LogP contribution in [0.2, 0.25) is 0 Å². The minimum absolute atomic E-state index is 0.723. The number of nitrogens with zero attached hydrogens (tertiary/aromatic N) is 1. The maximum absolute atomic E-state index is 5.85. The summed E-state index contributed by atoms with van der Waals surface area (Å²) in [5, 5.41) is 0. The Morgan fingerprint density at radius 3 is 2.41 bits per heavy atom. The molecule has 2 nitrogen and oxygen atoms in total. The van der Waals surface area contributed by atoms with Gasteiger partial charge in [-0.25, -0.2) is 0 Å². The van der Waals surface area contributed by atoms with Crippen molar-refractivity contribution in [3.05, 3.63) is 0 Å². The van der Waals surface area contributed by atoms with Gasteiger partial charge in [-0.05, 0) is 63.6 Å². The largest absolute Gasteiger partial charge is 0.330 e. The quantitative estimate of drug-likeness (QED) is 0.706. The van der Waals surface area contributed by atoms with Gasteiger partial charge in [-0.1, -0.05) is 26.7 Å². The van der Waals surface area contributed by atoms with Gasteiger partial charge >= 0.3 is 0 Å². The van der Waals surface area contributed by atoms with Crippen molar-refractivity contribution in [1.82, 2.24) is 4.90 Å². The van der Waals surface area contributed by atoms with Crippen molar-refractivity contribution < 1.29 is 0 Å². The zero-order chi connectivity index (χ0) is 12.7.